The van der Waals surface area contributed by atoms with Gasteiger partial charge in [-0.05, 0) is 18.6 Å². The normalized spacial score (nSPS) is 15.0. The lowest BCUT2D eigenvalue weighted by atomic mass is 10.1. The fourth-order valence-electron chi connectivity index (χ4n) is 2.28. The van der Waals surface area contributed by atoms with E-state index in [-0.39, 0.29) is 18.4 Å². The molecular formula is C15H20N2O3. The highest BCUT2D eigenvalue weighted by atomic mass is 16.5. The number of para-hydroxylation sites is 1. The Balaban J connectivity index is 2.12. The van der Waals surface area contributed by atoms with E-state index in [0.717, 1.165) is 11.3 Å². The maximum atomic E-state index is 12.3. The molecule has 0 aliphatic carbocycles. The van der Waals surface area contributed by atoms with Crippen molar-refractivity contribution in [3.8, 4) is 0 Å². The maximum absolute atomic E-state index is 12.3. The predicted octanol–water partition coefficient (Wildman–Crippen LogP) is 1.21. The molecule has 0 radical (unpaired) electrons. The van der Waals surface area contributed by atoms with Crippen LogP contribution in [0.2, 0.25) is 0 Å². The lowest BCUT2D eigenvalue weighted by molar-refractivity contribution is -0.134. The van der Waals surface area contributed by atoms with Crippen LogP contribution in [0.15, 0.2) is 24.3 Å². The Morgan fingerprint density at radius 3 is 2.50 bits per heavy atom. The van der Waals surface area contributed by atoms with Gasteiger partial charge in [-0.3, -0.25) is 9.59 Å². The molecule has 1 aromatic carbocycles. The van der Waals surface area contributed by atoms with Gasteiger partial charge in [0, 0.05) is 25.7 Å². The number of benzene rings is 1. The zero-order chi connectivity index (χ0) is 14.5. The van der Waals surface area contributed by atoms with Crippen molar-refractivity contribution < 1.29 is 14.3 Å². The Labute approximate surface area is 119 Å². The first-order chi connectivity index (χ1) is 9.59. The molecule has 1 aromatic rings. The molecule has 2 rings (SSSR count). The van der Waals surface area contributed by atoms with Crippen LogP contribution in [0.1, 0.15) is 12.5 Å². The van der Waals surface area contributed by atoms with Gasteiger partial charge in [-0.1, -0.05) is 18.2 Å². The van der Waals surface area contributed by atoms with Crippen molar-refractivity contribution in [3.63, 3.8) is 0 Å². The Kier molecular flexibility index (Phi) is 4.74. The molecule has 0 bridgehead atoms. The molecule has 5 heteroatoms. The minimum absolute atomic E-state index is 0.0354. The minimum atomic E-state index is -0.124. The molecule has 0 N–H and O–H groups in total. The summed E-state index contributed by atoms with van der Waals surface area (Å²) < 4.78 is 5.23. The van der Waals surface area contributed by atoms with Crippen molar-refractivity contribution in [1.82, 2.24) is 4.90 Å². The monoisotopic (exact) mass is 276 g/mol. The number of nitrogens with zero attached hydrogens (tertiary/aromatic N) is 2. The van der Waals surface area contributed by atoms with Crippen LogP contribution in [-0.4, -0.2) is 49.6 Å². The van der Waals surface area contributed by atoms with E-state index in [1.807, 2.05) is 31.2 Å². The first kappa shape index (κ1) is 14.5. The van der Waals surface area contributed by atoms with Gasteiger partial charge >= 0.3 is 0 Å². The van der Waals surface area contributed by atoms with Crippen LogP contribution in [0.4, 0.5) is 5.69 Å². The van der Waals surface area contributed by atoms with E-state index in [9.17, 15) is 9.59 Å². The summed E-state index contributed by atoms with van der Waals surface area (Å²) in [5, 5.41) is 0. The number of morpholine rings is 1. The second-order valence-corrected chi connectivity index (χ2v) is 4.88. The van der Waals surface area contributed by atoms with Crippen LogP contribution in [0.5, 0.6) is 0 Å². The van der Waals surface area contributed by atoms with Gasteiger partial charge in [0.1, 0.15) is 6.54 Å². The summed E-state index contributed by atoms with van der Waals surface area (Å²) in [4.78, 5) is 27.4. The summed E-state index contributed by atoms with van der Waals surface area (Å²) in [6.07, 6.45) is 0. The standard InChI is InChI=1S/C15H20N2O3/c1-12-5-3-4-6-14(12)17(13(2)18)11-15(19)16-7-9-20-10-8-16/h3-6H,7-11H2,1-2H3. The average Bonchev–Trinajstić information content (AvgIpc) is 2.46. The van der Waals surface area contributed by atoms with Crippen LogP contribution in [0, 0.1) is 6.92 Å². The van der Waals surface area contributed by atoms with E-state index in [1.165, 1.54) is 11.8 Å². The van der Waals surface area contributed by atoms with E-state index in [1.54, 1.807) is 4.90 Å². The second-order valence-electron chi connectivity index (χ2n) is 4.88. The van der Waals surface area contributed by atoms with Gasteiger partial charge in [0.05, 0.1) is 13.2 Å². The molecule has 0 spiro atoms. The lowest BCUT2D eigenvalue weighted by Gasteiger charge is -2.30. The zero-order valence-corrected chi connectivity index (χ0v) is 12.0. The van der Waals surface area contributed by atoms with Crippen LogP contribution >= 0.6 is 0 Å². The van der Waals surface area contributed by atoms with Gasteiger partial charge in [-0.25, -0.2) is 0 Å². The minimum Gasteiger partial charge on any atom is -0.378 e. The summed E-state index contributed by atoms with van der Waals surface area (Å²) in [6, 6.07) is 7.59. The summed E-state index contributed by atoms with van der Waals surface area (Å²) in [6.45, 7) is 5.83. The molecular weight excluding hydrogens is 256 g/mol. The quantitative estimate of drug-likeness (QED) is 0.833. The molecule has 0 saturated carbocycles. The number of carbonyl (C=O) groups is 2. The van der Waals surface area contributed by atoms with E-state index in [0.29, 0.717) is 26.3 Å². The number of rotatable bonds is 3. The van der Waals surface area contributed by atoms with Crippen molar-refractivity contribution in [2.24, 2.45) is 0 Å². The van der Waals surface area contributed by atoms with Crippen molar-refractivity contribution in [2.45, 2.75) is 13.8 Å². The first-order valence-electron chi connectivity index (χ1n) is 6.79. The molecule has 2 amide bonds. The molecule has 1 heterocycles. The third-order valence-corrected chi connectivity index (χ3v) is 3.44. The summed E-state index contributed by atoms with van der Waals surface area (Å²) in [7, 11) is 0. The fraction of sp³-hybridized carbons (Fsp3) is 0.467. The summed E-state index contributed by atoms with van der Waals surface area (Å²) in [5.41, 5.74) is 1.78. The van der Waals surface area contributed by atoms with Gasteiger partial charge in [0.15, 0.2) is 0 Å². The van der Waals surface area contributed by atoms with Gasteiger partial charge in [0.25, 0.3) is 0 Å². The predicted molar refractivity (Wildman–Crippen MR) is 76.6 cm³/mol. The highest BCUT2D eigenvalue weighted by Gasteiger charge is 2.22. The molecule has 108 valence electrons. The first-order valence-corrected chi connectivity index (χ1v) is 6.79. The van der Waals surface area contributed by atoms with Gasteiger partial charge in [-0.2, -0.15) is 0 Å². The molecule has 1 aliphatic rings. The van der Waals surface area contributed by atoms with E-state index < -0.39 is 0 Å². The topological polar surface area (TPSA) is 49.9 Å². The van der Waals surface area contributed by atoms with Crippen LogP contribution in [-0.2, 0) is 14.3 Å². The van der Waals surface area contributed by atoms with Crippen molar-refractivity contribution in [2.75, 3.05) is 37.7 Å². The fourth-order valence-corrected chi connectivity index (χ4v) is 2.28. The Bertz CT molecular complexity index is 496. The van der Waals surface area contributed by atoms with E-state index in [2.05, 4.69) is 0 Å². The smallest absolute Gasteiger partial charge is 0.242 e. The molecule has 0 unspecified atom stereocenters. The molecule has 20 heavy (non-hydrogen) atoms. The number of aryl methyl sites for hydroxylation is 1. The SMILES string of the molecule is CC(=O)N(CC(=O)N1CCOCC1)c1ccccc1C. The van der Waals surface area contributed by atoms with Gasteiger partial charge < -0.3 is 14.5 Å². The molecule has 1 aliphatic heterocycles. The number of ether oxygens (including phenoxy) is 1. The molecule has 0 aromatic heterocycles. The highest BCUT2D eigenvalue weighted by Crippen LogP contribution is 2.19. The second kappa shape index (κ2) is 6.52. The Morgan fingerprint density at radius 2 is 1.90 bits per heavy atom. The molecule has 1 saturated heterocycles. The van der Waals surface area contributed by atoms with E-state index in [4.69, 9.17) is 4.74 Å². The third kappa shape index (κ3) is 3.36. The van der Waals surface area contributed by atoms with Crippen molar-refractivity contribution in [1.29, 1.82) is 0 Å². The third-order valence-electron chi connectivity index (χ3n) is 3.44. The number of hydrogen-bond donors (Lipinski definition) is 0. The molecule has 5 nitrogen and oxygen atoms in total. The van der Waals surface area contributed by atoms with Crippen LogP contribution in [0.25, 0.3) is 0 Å². The van der Waals surface area contributed by atoms with Gasteiger partial charge in [-0.15, -0.1) is 0 Å². The van der Waals surface area contributed by atoms with E-state index >= 15 is 0 Å². The molecule has 1 fully saturated rings. The zero-order valence-electron chi connectivity index (χ0n) is 12.0. The number of hydrogen-bond acceptors (Lipinski definition) is 3. The van der Waals surface area contributed by atoms with Crippen molar-refractivity contribution >= 4 is 17.5 Å². The lowest BCUT2D eigenvalue weighted by Crippen LogP contribution is -2.47. The Morgan fingerprint density at radius 1 is 1.25 bits per heavy atom. The Hall–Kier alpha value is -1.88. The highest BCUT2D eigenvalue weighted by molar-refractivity contribution is 5.98. The number of anilines is 1. The van der Waals surface area contributed by atoms with Crippen LogP contribution in [0.3, 0.4) is 0 Å². The largest absolute Gasteiger partial charge is 0.378 e. The van der Waals surface area contributed by atoms with Crippen molar-refractivity contribution in [3.05, 3.63) is 29.8 Å². The summed E-state index contributed by atoms with van der Waals surface area (Å²) in [5.74, 6) is -0.160. The summed E-state index contributed by atoms with van der Waals surface area (Å²) >= 11 is 0. The average molecular weight is 276 g/mol. The maximum Gasteiger partial charge on any atom is 0.242 e. The van der Waals surface area contributed by atoms with Crippen LogP contribution < -0.4 is 4.90 Å². The molecule has 0 atom stereocenters. The number of amides is 2. The van der Waals surface area contributed by atoms with Gasteiger partial charge in [0.2, 0.25) is 11.8 Å². The number of carbonyl (C=O) groups excluding carboxylic acids is 2.